The van der Waals surface area contributed by atoms with E-state index < -0.39 is 5.54 Å². The Morgan fingerprint density at radius 3 is 2.67 bits per heavy atom. The third-order valence-corrected chi connectivity index (χ3v) is 3.26. The van der Waals surface area contributed by atoms with Crippen LogP contribution in [0.1, 0.15) is 18.4 Å². The summed E-state index contributed by atoms with van der Waals surface area (Å²) in [7, 11) is 0. The topological polar surface area (TPSA) is 58.1 Å². The molecule has 0 amide bonds. The molecule has 0 atom stereocenters. The normalized spacial score (nSPS) is 16.1. The van der Waals surface area contributed by atoms with E-state index in [-0.39, 0.29) is 5.82 Å². The second-order valence-electron chi connectivity index (χ2n) is 4.40. The molecule has 0 saturated heterocycles. The minimum atomic E-state index is -0.474. The first-order chi connectivity index (χ1) is 8.75. The lowest BCUT2D eigenvalue weighted by Crippen LogP contribution is -2.02. The van der Waals surface area contributed by atoms with Crippen molar-refractivity contribution in [3.8, 4) is 11.3 Å². The highest BCUT2D eigenvalue weighted by molar-refractivity contribution is 5.65. The van der Waals surface area contributed by atoms with E-state index in [9.17, 15) is 9.18 Å². The molecule has 1 N–H and O–H groups in total. The van der Waals surface area contributed by atoms with Crippen molar-refractivity contribution in [1.29, 1.82) is 0 Å². The summed E-state index contributed by atoms with van der Waals surface area (Å²) in [4.78, 5) is 14.4. The lowest BCUT2D eigenvalue weighted by molar-refractivity contribution is 0.556. The number of aromatic nitrogens is 2. The van der Waals surface area contributed by atoms with Gasteiger partial charge in [-0.15, -0.1) is 0 Å². The second kappa shape index (κ2) is 3.89. The molecular weight excluding hydrogens is 233 g/mol. The van der Waals surface area contributed by atoms with Crippen molar-refractivity contribution in [3.63, 3.8) is 0 Å². The fourth-order valence-corrected chi connectivity index (χ4v) is 2.12. The Hall–Kier alpha value is -2.26. The molecule has 1 fully saturated rings. The van der Waals surface area contributed by atoms with E-state index in [0.717, 1.165) is 29.7 Å². The zero-order valence-electron chi connectivity index (χ0n) is 9.48. The Morgan fingerprint density at radius 2 is 2.06 bits per heavy atom. The lowest BCUT2D eigenvalue weighted by atomic mass is 10.0. The van der Waals surface area contributed by atoms with Crippen LogP contribution >= 0.6 is 0 Å². The van der Waals surface area contributed by atoms with Crippen LogP contribution in [-0.2, 0) is 10.3 Å². The van der Waals surface area contributed by atoms with Crippen LogP contribution in [0, 0.1) is 5.82 Å². The summed E-state index contributed by atoms with van der Waals surface area (Å²) in [5, 5.41) is 6.88. The summed E-state index contributed by atoms with van der Waals surface area (Å²) in [6, 6.07) is 6.13. The van der Waals surface area contributed by atoms with Gasteiger partial charge in [-0.05, 0) is 37.1 Å². The Bertz CT molecular complexity index is 622. The number of benzene rings is 1. The van der Waals surface area contributed by atoms with Crippen LogP contribution in [0.2, 0.25) is 0 Å². The first kappa shape index (κ1) is 10.9. The largest absolute Gasteiger partial charge is 0.277 e. The van der Waals surface area contributed by atoms with Crippen LogP contribution in [0.5, 0.6) is 0 Å². The van der Waals surface area contributed by atoms with E-state index >= 15 is 0 Å². The van der Waals surface area contributed by atoms with Gasteiger partial charge in [-0.25, -0.2) is 9.18 Å². The molecule has 1 aromatic carbocycles. The highest BCUT2D eigenvalue weighted by Gasteiger charge is 2.47. The quantitative estimate of drug-likeness (QED) is 0.665. The minimum absolute atomic E-state index is 0.285. The lowest BCUT2D eigenvalue weighted by Gasteiger charge is -2.08. The number of carbonyl (C=O) groups excluding carboxylic acids is 1. The van der Waals surface area contributed by atoms with Crippen molar-refractivity contribution >= 4 is 6.08 Å². The van der Waals surface area contributed by atoms with Gasteiger partial charge in [0.05, 0.1) is 11.9 Å². The number of rotatable bonds is 3. The second-order valence-corrected chi connectivity index (χ2v) is 4.40. The van der Waals surface area contributed by atoms with Crippen LogP contribution in [0.4, 0.5) is 4.39 Å². The third kappa shape index (κ3) is 1.65. The van der Waals surface area contributed by atoms with Crippen molar-refractivity contribution < 1.29 is 9.18 Å². The number of aromatic amines is 1. The standard InChI is InChI=1S/C13H10FN3O/c14-10-3-1-9(2-4-10)12-11(7-16-17-12)13(5-6-13)15-8-18/h1-4,7H,5-6H2,(H,16,17). The zero-order chi connectivity index (χ0) is 12.6. The molecule has 1 heterocycles. The maximum Gasteiger partial charge on any atom is 0.235 e. The predicted octanol–water partition coefficient (Wildman–Crippen LogP) is 2.54. The molecule has 0 spiro atoms. The SMILES string of the molecule is O=C=NC1(c2cn[nH]c2-c2ccc(F)cc2)CC1. The third-order valence-electron chi connectivity index (χ3n) is 3.26. The first-order valence-corrected chi connectivity index (χ1v) is 5.64. The molecule has 3 rings (SSSR count). The van der Waals surface area contributed by atoms with E-state index in [1.165, 1.54) is 12.1 Å². The van der Waals surface area contributed by atoms with Gasteiger partial charge in [0.25, 0.3) is 0 Å². The Morgan fingerprint density at radius 1 is 1.33 bits per heavy atom. The van der Waals surface area contributed by atoms with Crippen LogP contribution in [0.15, 0.2) is 35.5 Å². The van der Waals surface area contributed by atoms with E-state index in [1.54, 1.807) is 24.4 Å². The van der Waals surface area contributed by atoms with Gasteiger partial charge < -0.3 is 0 Å². The molecule has 0 radical (unpaired) electrons. The number of hydrogen-bond acceptors (Lipinski definition) is 3. The van der Waals surface area contributed by atoms with Gasteiger partial charge in [0.15, 0.2) is 0 Å². The van der Waals surface area contributed by atoms with Crippen LogP contribution in [0.25, 0.3) is 11.3 Å². The van der Waals surface area contributed by atoms with Gasteiger partial charge in [0.1, 0.15) is 11.4 Å². The molecular formula is C13H10FN3O. The monoisotopic (exact) mass is 243 g/mol. The van der Waals surface area contributed by atoms with Gasteiger partial charge in [-0.1, -0.05) is 0 Å². The number of H-pyrrole nitrogens is 1. The average molecular weight is 243 g/mol. The Labute approximate surface area is 103 Å². The highest BCUT2D eigenvalue weighted by Crippen LogP contribution is 2.51. The summed E-state index contributed by atoms with van der Waals surface area (Å²) in [5.41, 5.74) is 2.01. The van der Waals surface area contributed by atoms with Crippen LogP contribution < -0.4 is 0 Å². The fraction of sp³-hybridized carbons (Fsp3) is 0.231. The van der Waals surface area contributed by atoms with E-state index in [4.69, 9.17) is 0 Å². The van der Waals surface area contributed by atoms with Crippen LogP contribution in [-0.4, -0.2) is 16.3 Å². The molecule has 90 valence electrons. The Kier molecular flexibility index (Phi) is 2.35. The molecule has 4 nitrogen and oxygen atoms in total. The molecule has 18 heavy (non-hydrogen) atoms. The van der Waals surface area contributed by atoms with Crippen molar-refractivity contribution in [1.82, 2.24) is 10.2 Å². The molecule has 5 heteroatoms. The average Bonchev–Trinajstić information content (AvgIpc) is 2.98. The van der Waals surface area contributed by atoms with Gasteiger partial charge in [0.2, 0.25) is 6.08 Å². The van der Waals surface area contributed by atoms with Gasteiger partial charge >= 0.3 is 0 Å². The number of nitrogens with one attached hydrogen (secondary N) is 1. The van der Waals surface area contributed by atoms with E-state index in [1.807, 2.05) is 0 Å². The molecule has 1 saturated carbocycles. The van der Waals surface area contributed by atoms with Crippen molar-refractivity contribution in [2.24, 2.45) is 4.99 Å². The molecule has 0 unspecified atom stereocenters. The van der Waals surface area contributed by atoms with Crippen molar-refractivity contribution in [2.75, 3.05) is 0 Å². The molecule has 2 aromatic rings. The predicted molar refractivity (Wildman–Crippen MR) is 63.0 cm³/mol. The first-order valence-electron chi connectivity index (χ1n) is 5.64. The number of nitrogens with zero attached hydrogens (tertiary/aromatic N) is 2. The zero-order valence-corrected chi connectivity index (χ0v) is 9.48. The van der Waals surface area contributed by atoms with Crippen LogP contribution in [0.3, 0.4) is 0 Å². The van der Waals surface area contributed by atoms with Gasteiger partial charge in [-0.2, -0.15) is 10.1 Å². The number of aliphatic imine (C=N–C) groups is 1. The molecule has 0 aliphatic heterocycles. The summed E-state index contributed by atoms with van der Waals surface area (Å²) in [6.07, 6.45) is 4.92. The molecule has 1 aliphatic rings. The van der Waals surface area contributed by atoms with Crippen molar-refractivity contribution in [2.45, 2.75) is 18.4 Å². The highest BCUT2D eigenvalue weighted by atomic mass is 19.1. The fourth-order valence-electron chi connectivity index (χ4n) is 2.12. The summed E-state index contributed by atoms with van der Waals surface area (Å²) < 4.78 is 12.9. The number of isocyanates is 1. The smallest absolute Gasteiger partial charge is 0.235 e. The Balaban J connectivity index is 2.07. The van der Waals surface area contributed by atoms with Crippen molar-refractivity contribution in [3.05, 3.63) is 41.8 Å². The van der Waals surface area contributed by atoms with E-state index in [0.29, 0.717) is 0 Å². The summed E-state index contributed by atoms with van der Waals surface area (Å²) in [6.45, 7) is 0. The maximum atomic E-state index is 12.9. The summed E-state index contributed by atoms with van der Waals surface area (Å²) >= 11 is 0. The number of halogens is 1. The number of hydrogen-bond donors (Lipinski definition) is 1. The summed E-state index contributed by atoms with van der Waals surface area (Å²) in [5.74, 6) is -0.285. The molecule has 1 aliphatic carbocycles. The van der Waals surface area contributed by atoms with Gasteiger partial charge in [-0.3, -0.25) is 5.10 Å². The van der Waals surface area contributed by atoms with Gasteiger partial charge in [0, 0.05) is 11.1 Å². The molecule has 0 bridgehead atoms. The molecule has 1 aromatic heterocycles. The van der Waals surface area contributed by atoms with E-state index in [2.05, 4.69) is 15.2 Å². The maximum absolute atomic E-state index is 12.9. The minimum Gasteiger partial charge on any atom is -0.277 e.